The Balaban J connectivity index is 0. The van der Waals surface area contributed by atoms with E-state index in [1.54, 1.807) is 0 Å². The van der Waals surface area contributed by atoms with Gasteiger partial charge < -0.3 is 9.84 Å². The Kier molecular flexibility index (Phi) is 41.2. The van der Waals surface area contributed by atoms with E-state index < -0.39 is 0 Å². The molecule has 0 radical (unpaired) electrons. The van der Waals surface area contributed by atoms with E-state index in [0.29, 0.717) is 19.6 Å². The second kappa shape index (κ2) is 39.6. The first-order chi connectivity index (χ1) is 19.2. The van der Waals surface area contributed by atoms with Crippen molar-refractivity contribution in [1.82, 2.24) is 0 Å². The molecule has 0 aromatic carbocycles. The summed E-state index contributed by atoms with van der Waals surface area (Å²) in [6.07, 6.45) is 39.3. The zero-order valence-electron chi connectivity index (χ0n) is 27.4. The minimum atomic E-state index is -0.00172. The van der Waals surface area contributed by atoms with Gasteiger partial charge in [0.05, 0.1) is 6.61 Å². The van der Waals surface area contributed by atoms with Gasteiger partial charge in [0, 0.05) is 13.0 Å². The summed E-state index contributed by atoms with van der Waals surface area (Å²) in [6, 6.07) is 0. The van der Waals surface area contributed by atoms with E-state index in [-0.39, 0.29) is 5.97 Å². The van der Waals surface area contributed by atoms with E-state index in [4.69, 9.17) is 9.84 Å². The van der Waals surface area contributed by atoms with Gasteiger partial charge in [0.25, 0.3) is 0 Å². The van der Waals surface area contributed by atoms with Crippen LogP contribution >= 0.6 is 0 Å². The molecular formula is C36H74O3. The summed E-state index contributed by atoms with van der Waals surface area (Å²) >= 11 is 0. The summed E-state index contributed by atoms with van der Waals surface area (Å²) in [6.45, 7) is 7.64. The van der Waals surface area contributed by atoms with Crippen LogP contribution in [0.1, 0.15) is 213 Å². The molecule has 0 aromatic heterocycles. The normalized spacial score (nSPS) is 10.9. The zero-order valence-corrected chi connectivity index (χ0v) is 27.4. The quantitative estimate of drug-likeness (QED) is 0.0684. The number of ether oxygens (including phenoxy) is 1. The molecule has 0 heterocycles. The van der Waals surface area contributed by atoms with Gasteiger partial charge in [-0.1, -0.05) is 188 Å². The van der Waals surface area contributed by atoms with Crippen molar-refractivity contribution < 1.29 is 14.6 Å². The van der Waals surface area contributed by atoms with Gasteiger partial charge in [-0.3, -0.25) is 4.79 Å². The van der Waals surface area contributed by atoms with Crippen molar-refractivity contribution in [3.63, 3.8) is 0 Å². The number of hydrogen-bond donors (Lipinski definition) is 1. The zero-order chi connectivity index (χ0) is 28.9. The van der Waals surface area contributed by atoms with Crippen LogP contribution in [0.4, 0.5) is 0 Å². The standard InChI is InChI=1S/C22H44O2.C14H30O/c1-3-5-7-8-9-10-11-12-13-14-15-16-17-18-19-20-22(23)24-21-6-4-2;1-2-3-4-5-6-7-8-9-10-11-12-13-14-15/h3-21H2,1-2H3;15H,2-14H2,1H3. The second-order valence-electron chi connectivity index (χ2n) is 11.9. The third-order valence-corrected chi connectivity index (χ3v) is 7.76. The van der Waals surface area contributed by atoms with Crippen LogP contribution < -0.4 is 0 Å². The molecule has 236 valence electrons. The molecule has 39 heavy (non-hydrogen) atoms. The lowest BCUT2D eigenvalue weighted by Gasteiger charge is -2.04. The Morgan fingerprint density at radius 1 is 0.410 bits per heavy atom. The molecule has 0 rings (SSSR count). The van der Waals surface area contributed by atoms with Gasteiger partial charge in [-0.25, -0.2) is 0 Å². The highest BCUT2D eigenvalue weighted by molar-refractivity contribution is 5.69. The minimum absolute atomic E-state index is 0.00172. The van der Waals surface area contributed by atoms with Crippen molar-refractivity contribution in [2.75, 3.05) is 13.2 Å². The molecule has 0 spiro atoms. The van der Waals surface area contributed by atoms with Gasteiger partial charge in [0.2, 0.25) is 0 Å². The Bertz CT molecular complexity index is 412. The summed E-state index contributed by atoms with van der Waals surface area (Å²) in [5.74, 6) is -0.00172. The number of aliphatic hydroxyl groups excluding tert-OH is 1. The molecule has 1 N–H and O–H groups in total. The largest absolute Gasteiger partial charge is 0.466 e. The van der Waals surface area contributed by atoms with Crippen molar-refractivity contribution in [2.45, 2.75) is 213 Å². The monoisotopic (exact) mass is 555 g/mol. The number of carbonyl (C=O) groups excluding carboxylic acids is 1. The average molecular weight is 555 g/mol. The molecule has 3 nitrogen and oxygen atoms in total. The van der Waals surface area contributed by atoms with E-state index in [1.165, 1.54) is 161 Å². The maximum Gasteiger partial charge on any atom is 0.305 e. The molecule has 0 aliphatic carbocycles. The minimum Gasteiger partial charge on any atom is -0.466 e. The SMILES string of the molecule is CCCCCCCCCCCCCCCCCC(=O)OCCCC.CCCCCCCCCCCCCCO. The van der Waals surface area contributed by atoms with Crippen molar-refractivity contribution in [1.29, 1.82) is 0 Å². The molecule has 0 aromatic rings. The highest BCUT2D eigenvalue weighted by Gasteiger charge is 2.02. The number of rotatable bonds is 31. The van der Waals surface area contributed by atoms with Crippen LogP contribution in [0.5, 0.6) is 0 Å². The summed E-state index contributed by atoms with van der Waals surface area (Å²) in [7, 11) is 0. The highest BCUT2D eigenvalue weighted by atomic mass is 16.5. The van der Waals surface area contributed by atoms with Crippen LogP contribution in [0.3, 0.4) is 0 Å². The van der Waals surface area contributed by atoms with E-state index in [1.807, 2.05) is 0 Å². The van der Waals surface area contributed by atoms with Crippen molar-refractivity contribution in [3.05, 3.63) is 0 Å². The first-order valence-electron chi connectivity index (χ1n) is 18.0. The maximum absolute atomic E-state index is 11.4. The first kappa shape index (κ1) is 40.6. The van der Waals surface area contributed by atoms with E-state index in [0.717, 1.165) is 25.7 Å². The fraction of sp³-hybridized carbons (Fsp3) is 0.972. The lowest BCUT2D eigenvalue weighted by Crippen LogP contribution is -2.05. The van der Waals surface area contributed by atoms with E-state index >= 15 is 0 Å². The second-order valence-corrected chi connectivity index (χ2v) is 11.9. The number of aliphatic hydroxyl groups is 1. The molecule has 0 saturated carbocycles. The van der Waals surface area contributed by atoms with Gasteiger partial charge in [-0.05, 0) is 19.3 Å². The molecule has 0 aliphatic heterocycles. The van der Waals surface area contributed by atoms with Crippen LogP contribution in [0.2, 0.25) is 0 Å². The fourth-order valence-corrected chi connectivity index (χ4v) is 5.00. The highest BCUT2D eigenvalue weighted by Crippen LogP contribution is 2.14. The smallest absolute Gasteiger partial charge is 0.305 e. The predicted molar refractivity (Wildman–Crippen MR) is 174 cm³/mol. The van der Waals surface area contributed by atoms with Gasteiger partial charge >= 0.3 is 5.97 Å². The Morgan fingerprint density at radius 2 is 0.692 bits per heavy atom. The fourth-order valence-electron chi connectivity index (χ4n) is 5.00. The lowest BCUT2D eigenvalue weighted by molar-refractivity contribution is -0.143. The predicted octanol–water partition coefficient (Wildman–Crippen LogP) is 12.3. The molecular weight excluding hydrogens is 480 g/mol. The van der Waals surface area contributed by atoms with Crippen LogP contribution in [-0.4, -0.2) is 24.3 Å². The van der Waals surface area contributed by atoms with Crippen LogP contribution in [0, 0.1) is 0 Å². The molecule has 0 bridgehead atoms. The van der Waals surface area contributed by atoms with Crippen LogP contribution in [-0.2, 0) is 9.53 Å². The van der Waals surface area contributed by atoms with Gasteiger partial charge in [0.15, 0.2) is 0 Å². The Labute approximate surface area is 247 Å². The molecule has 0 amide bonds. The molecule has 0 atom stereocenters. The number of esters is 1. The lowest BCUT2D eigenvalue weighted by atomic mass is 10.0. The molecule has 3 heteroatoms. The summed E-state index contributed by atoms with van der Waals surface area (Å²) in [4.78, 5) is 11.4. The molecule has 0 saturated heterocycles. The van der Waals surface area contributed by atoms with E-state index in [9.17, 15) is 4.79 Å². The van der Waals surface area contributed by atoms with Gasteiger partial charge in [0.1, 0.15) is 0 Å². The third kappa shape index (κ3) is 42.0. The molecule has 0 aliphatic rings. The Hall–Kier alpha value is -0.570. The number of carbonyl (C=O) groups is 1. The first-order valence-corrected chi connectivity index (χ1v) is 18.0. The van der Waals surface area contributed by atoms with Gasteiger partial charge in [-0.15, -0.1) is 0 Å². The molecule has 0 unspecified atom stereocenters. The maximum atomic E-state index is 11.4. The topological polar surface area (TPSA) is 46.5 Å². The van der Waals surface area contributed by atoms with Crippen molar-refractivity contribution >= 4 is 5.97 Å². The number of unbranched alkanes of at least 4 members (excludes halogenated alkanes) is 26. The molecule has 0 fully saturated rings. The summed E-state index contributed by atoms with van der Waals surface area (Å²) in [5.41, 5.74) is 0. The van der Waals surface area contributed by atoms with Crippen LogP contribution in [0.25, 0.3) is 0 Å². The number of hydrogen-bond acceptors (Lipinski definition) is 3. The Morgan fingerprint density at radius 3 is 1.00 bits per heavy atom. The van der Waals surface area contributed by atoms with Crippen molar-refractivity contribution in [3.8, 4) is 0 Å². The summed E-state index contributed by atoms with van der Waals surface area (Å²) in [5, 5.41) is 8.61. The third-order valence-electron chi connectivity index (χ3n) is 7.76. The average Bonchev–Trinajstić information content (AvgIpc) is 2.94. The van der Waals surface area contributed by atoms with Crippen LogP contribution in [0.15, 0.2) is 0 Å². The van der Waals surface area contributed by atoms with Crippen molar-refractivity contribution in [2.24, 2.45) is 0 Å². The summed E-state index contributed by atoms with van der Waals surface area (Å²) < 4.78 is 5.16. The van der Waals surface area contributed by atoms with E-state index in [2.05, 4.69) is 20.8 Å². The van der Waals surface area contributed by atoms with Gasteiger partial charge in [-0.2, -0.15) is 0 Å².